The van der Waals surface area contributed by atoms with E-state index in [0.29, 0.717) is 10.7 Å². The van der Waals surface area contributed by atoms with Crippen molar-refractivity contribution >= 4 is 23.4 Å². The van der Waals surface area contributed by atoms with Gasteiger partial charge in [-0.25, -0.2) is 9.97 Å². The highest BCUT2D eigenvalue weighted by Gasteiger charge is 2.21. The molecule has 1 heterocycles. The molecule has 16 heavy (non-hydrogen) atoms. The Bertz CT molecular complexity index is 354. The van der Waals surface area contributed by atoms with Crippen LogP contribution in [0.4, 0.5) is 0 Å². The maximum absolute atomic E-state index is 9.80. The minimum Gasteiger partial charge on any atom is -0.389 e. The summed E-state index contributed by atoms with van der Waals surface area (Å²) in [5.74, 6) is 0. The molecule has 1 aromatic rings. The molecule has 3 N–H and O–H groups in total. The number of hydrogen-bond acceptors (Lipinski definition) is 6. The summed E-state index contributed by atoms with van der Waals surface area (Å²) in [6.45, 7) is 0.266. The Morgan fingerprint density at radius 2 is 2.25 bits per heavy atom. The van der Waals surface area contributed by atoms with Crippen molar-refractivity contribution in [1.29, 1.82) is 0 Å². The summed E-state index contributed by atoms with van der Waals surface area (Å²) in [6, 6.07) is 0. The van der Waals surface area contributed by atoms with Crippen molar-refractivity contribution in [3.05, 3.63) is 16.9 Å². The van der Waals surface area contributed by atoms with Gasteiger partial charge in [0, 0.05) is 18.3 Å². The van der Waals surface area contributed by atoms with Crippen LogP contribution in [-0.2, 0) is 0 Å². The van der Waals surface area contributed by atoms with Crippen molar-refractivity contribution in [1.82, 2.24) is 15.3 Å². The number of rotatable bonds is 5. The fourth-order valence-electron chi connectivity index (χ4n) is 1.18. The zero-order chi connectivity index (χ0) is 12.1. The highest BCUT2D eigenvalue weighted by molar-refractivity contribution is 7.98. The van der Waals surface area contributed by atoms with Gasteiger partial charge >= 0.3 is 0 Å². The van der Waals surface area contributed by atoms with Gasteiger partial charge in [-0.2, -0.15) is 0 Å². The van der Waals surface area contributed by atoms with Gasteiger partial charge in [0.25, 0.3) is 0 Å². The van der Waals surface area contributed by atoms with Crippen LogP contribution in [0.1, 0.15) is 11.7 Å². The van der Waals surface area contributed by atoms with Gasteiger partial charge in [0.2, 0.25) is 0 Å². The van der Waals surface area contributed by atoms with Gasteiger partial charge in [0.1, 0.15) is 11.3 Å². The quantitative estimate of drug-likeness (QED) is 0.407. The van der Waals surface area contributed by atoms with Crippen molar-refractivity contribution in [3.8, 4) is 0 Å². The Morgan fingerprint density at radius 1 is 1.56 bits per heavy atom. The molecule has 5 nitrogen and oxygen atoms in total. The highest BCUT2D eigenvalue weighted by atomic mass is 35.5. The smallest absolute Gasteiger partial charge is 0.188 e. The number of aliphatic hydroxyl groups excluding tert-OH is 2. The second-order valence-electron chi connectivity index (χ2n) is 3.17. The first-order valence-corrected chi connectivity index (χ1v) is 6.27. The maximum Gasteiger partial charge on any atom is 0.188 e. The van der Waals surface area contributed by atoms with E-state index in [1.165, 1.54) is 18.0 Å². The molecule has 0 aliphatic rings. The van der Waals surface area contributed by atoms with E-state index >= 15 is 0 Å². The summed E-state index contributed by atoms with van der Waals surface area (Å²) in [5.41, 5.74) is 0.335. The monoisotopic (exact) mass is 263 g/mol. The van der Waals surface area contributed by atoms with Crippen LogP contribution in [0.15, 0.2) is 11.4 Å². The molecule has 0 saturated heterocycles. The molecule has 0 aliphatic carbocycles. The lowest BCUT2D eigenvalue weighted by atomic mass is 10.1. The first kappa shape index (κ1) is 13.7. The summed E-state index contributed by atoms with van der Waals surface area (Å²) >= 11 is 7.25. The number of likely N-dealkylation sites (N-methyl/N-ethyl adjacent to an activating group) is 1. The van der Waals surface area contributed by atoms with Crippen molar-refractivity contribution in [2.24, 2.45) is 0 Å². The average molecular weight is 264 g/mol. The molecule has 2 unspecified atom stereocenters. The zero-order valence-electron chi connectivity index (χ0n) is 9.01. The number of aliphatic hydroxyl groups is 2. The van der Waals surface area contributed by atoms with E-state index in [1.54, 1.807) is 7.05 Å². The second-order valence-corrected chi connectivity index (χ2v) is 4.30. The van der Waals surface area contributed by atoms with E-state index in [4.69, 9.17) is 11.6 Å². The fourth-order valence-corrected chi connectivity index (χ4v) is 1.81. The number of aromatic nitrogens is 2. The standard InChI is InChI=1S/C9H14ClN3O2S/c1-11-4-6(14)7(15)5-3-12-9(16-2)13-8(5)10/h3,6-7,11,14-15H,4H2,1-2H3. The van der Waals surface area contributed by atoms with Gasteiger partial charge in [-0.1, -0.05) is 23.4 Å². The first-order chi connectivity index (χ1) is 7.60. The predicted molar refractivity (Wildman–Crippen MR) is 63.7 cm³/mol. The Balaban J connectivity index is 2.87. The van der Waals surface area contributed by atoms with Gasteiger partial charge in [-0.15, -0.1) is 0 Å². The lowest BCUT2D eigenvalue weighted by molar-refractivity contribution is 0.0198. The molecule has 0 bridgehead atoms. The van der Waals surface area contributed by atoms with E-state index in [9.17, 15) is 10.2 Å². The lowest BCUT2D eigenvalue weighted by Crippen LogP contribution is -2.29. The molecule has 0 spiro atoms. The third-order valence-corrected chi connectivity index (χ3v) is 2.89. The van der Waals surface area contributed by atoms with Gasteiger partial charge in [0.05, 0.1) is 6.10 Å². The van der Waals surface area contributed by atoms with E-state index < -0.39 is 12.2 Å². The van der Waals surface area contributed by atoms with Crippen molar-refractivity contribution in [2.75, 3.05) is 19.8 Å². The molecule has 0 saturated carbocycles. The minimum atomic E-state index is -1.09. The van der Waals surface area contributed by atoms with Crippen LogP contribution >= 0.6 is 23.4 Å². The van der Waals surface area contributed by atoms with E-state index in [0.717, 1.165) is 0 Å². The fraction of sp³-hybridized carbons (Fsp3) is 0.556. The summed E-state index contributed by atoms with van der Waals surface area (Å²) in [4.78, 5) is 7.98. The number of halogens is 1. The van der Waals surface area contributed by atoms with E-state index in [1.807, 2.05) is 6.26 Å². The number of nitrogens with zero attached hydrogens (tertiary/aromatic N) is 2. The van der Waals surface area contributed by atoms with Crippen LogP contribution in [-0.4, -0.2) is 46.1 Å². The maximum atomic E-state index is 9.80. The first-order valence-electron chi connectivity index (χ1n) is 4.67. The molecule has 0 aromatic carbocycles. The minimum absolute atomic E-state index is 0.169. The van der Waals surface area contributed by atoms with Crippen LogP contribution in [0.3, 0.4) is 0 Å². The predicted octanol–water partition coefficient (Wildman–Crippen LogP) is 0.466. The van der Waals surface area contributed by atoms with E-state index in [-0.39, 0.29) is 11.7 Å². The third kappa shape index (κ3) is 3.29. The summed E-state index contributed by atoms with van der Waals surface area (Å²) in [7, 11) is 1.69. The average Bonchev–Trinajstić information content (AvgIpc) is 2.28. The zero-order valence-corrected chi connectivity index (χ0v) is 10.6. The molecular formula is C9H14ClN3O2S. The van der Waals surface area contributed by atoms with Crippen LogP contribution in [0.5, 0.6) is 0 Å². The van der Waals surface area contributed by atoms with Crippen LogP contribution in [0.2, 0.25) is 5.15 Å². The van der Waals surface area contributed by atoms with Crippen molar-refractivity contribution < 1.29 is 10.2 Å². The topological polar surface area (TPSA) is 78.3 Å². The number of thioether (sulfide) groups is 1. The van der Waals surface area contributed by atoms with Crippen molar-refractivity contribution in [2.45, 2.75) is 17.4 Å². The second kappa shape index (κ2) is 6.36. The van der Waals surface area contributed by atoms with Crippen molar-refractivity contribution in [3.63, 3.8) is 0 Å². The van der Waals surface area contributed by atoms with Gasteiger partial charge < -0.3 is 15.5 Å². The largest absolute Gasteiger partial charge is 0.389 e. The van der Waals surface area contributed by atoms with Gasteiger partial charge in [-0.05, 0) is 13.3 Å². The lowest BCUT2D eigenvalue weighted by Gasteiger charge is -2.18. The Morgan fingerprint density at radius 3 is 2.75 bits per heavy atom. The normalized spacial score (nSPS) is 14.8. The van der Waals surface area contributed by atoms with Crippen LogP contribution < -0.4 is 5.32 Å². The summed E-state index contributed by atoms with van der Waals surface area (Å²) in [5, 5.41) is 22.9. The summed E-state index contributed by atoms with van der Waals surface area (Å²) < 4.78 is 0. The molecule has 0 fully saturated rings. The molecular weight excluding hydrogens is 250 g/mol. The molecule has 1 rings (SSSR count). The van der Waals surface area contributed by atoms with Crippen LogP contribution in [0, 0.1) is 0 Å². The van der Waals surface area contributed by atoms with Crippen LogP contribution in [0.25, 0.3) is 0 Å². The third-order valence-electron chi connectivity index (χ3n) is 2.03. The molecule has 0 radical (unpaired) electrons. The molecule has 2 atom stereocenters. The SMILES string of the molecule is CNCC(O)C(O)c1cnc(SC)nc1Cl. The summed E-state index contributed by atoms with van der Waals surface area (Å²) in [6.07, 6.45) is 1.24. The van der Waals surface area contributed by atoms with Gasteiger partial charge in [-0.3, -0.25) is 0 Å². The number of nitrogens with one attached hydrogen (secondary N) is 1. The molecule has 0 aliphatic heterocycles. The highest BCUT2D eigenvalue weighted by Crippen LogP contribution is 2.24. The van der Waals surface area contributed by atoms with E-state index in [2.05, 4.69) is 15.3 Å². The molecule has 7 heteroatoms. The Hall–Kier alpha value is -0.400. The molecule has 0 amide bonds. The molecule has 90 valence electrons. The Labute approximate surface area is 103 Å². The van der Waals surface area contributed by atoms with Gasteiger partial charge in [0.15, 0.2) is 5.16 Å². The number of hydrogen-bond donors (Lipinski definition) is 3. The molecule has 1 aromatic heterocycles. The Kier molecular flexibility index (Phi) is 5.43.